The average molecular weight is 380 g/mol. The molecule has 0 spiro atoms. The lowest BCUT2D eigenvalue weighted by Gasteiger charge is -2.20. The summed E-state index contributed by atoms with van der Waals surface area (Å²) in [5, 5.41) is 2.76. The summed E-state index contributed by atoms with van der Waals surface area (Å²) in [6.07, 6.45) is 0. The lowest BCUT2D eigenvalue weighted by Crippen LogP contribution is -2.32. The van der Waals surface area contributed by atoms with Gasteiger partial charge in [-0.25, -0.2) is 8.42 Å². The summed E-state index contributed by atoms with van der Waals surface area (Å²) < 4.78 is 27.4. The van der Waals surface area contributed by atoms with Crippen LogP contribution >= 0.6 is 11.6 Å². The SMILES string of the molecule is Cc1[c]cccc1S(=O)(=O)Nc1ccc(NC(=O)C(C)(C)CCl)cc1. The number of carbonyl (C=O) groups is 1. The van der Waals surface area contributed by atoms with Crippen LogP contribution in [0, 0.1) is 18.4 Å². The zero-order chi connectivity index (χ0) is 18.7. The van der Waals surface area contributed by atoms with Crippen molar-refractivity contribution in [3.63, 3.8) is 0 Å². The molecule has 1 radical (unpaired) electrons. The van der Waals surface area contributed by atoms with Crippen molar-refractivity contribution in [1.29, 1.82) is 0 Å². The van der Waals surface area contributed by atoms with E-state index in [0.717, 1.165) is 0 Å². The fourth-order valence-corrected chi connectivity index (χ4v) is 3.39. The lowest BCUT2D eigenvalue weighted by molar-refractivity contribution is -0.122. The maximum absolute atomic E-state index is 12.4. The maximum Gasteiger partial charge on any atom is 0.262 e. The van der Waals surface area contributed by atoms with Gasteiger partial charge in [0.2, 0.25) is 5.91 Å². The molecule has 0 saturated carbocycles. The summed E-state index contributed by atoms with van der Waals surface area (Å²) in [5.41, 5.74) is 0.818. The molecule has 5 nitrogen and oxygen atoms in total. The smallest absolute Gasteiger partial charge is 0.262 e. The number of hydrogen-bond acceptors (Lipinski definition) is 3. The summed E-state index contributed by atoms with van der Waals surface area (Å²) in [5.74, 6) is -0.00395. The second-order valence-electron chi connectivity index (χ2n) is 6.31. The Kier molecular flexibility index (Phi) is 5.75. The molecule has 2 aromatic carbocycles. The van der Waals surface area contributed by atoms with Gasteiger partial charge in [-0.15, -0.1) is 11.6 Å². The highest BCUT2D eigenvalue weighted by Gasteiger charge is 2.26. The van der Waals surface area contributed by atoms with E-state index < -0.39 is 15.4 Å². The van der Waals surface area contributed by atoms with Crippen molar-refractivity contribution >= 4 is 38.9 Å². The van der Waals surface area contributed by atoms with Crippen LogP contribution in [0.25, 0.3) is 0 Å². The minimum Gasteiger partial charge on any atom is -0.326 e. The molecule has 0 unspecified atom stereocenters. The number of rotatable bonds is 6. The molecule has 1 amide bonds. The number of hydrogen-bond donors (Lipinski definition) is 2. The zero-order valence-corrected chi connectivity index (χ0v) is 15.8. The fourth-order valence-electron chi connectivity index (χ4n) is 1.99. The molecule has 0 saturated heterocycles. The largest absolute Gasteiger partial charge is 0.326 e. The van der Waals surface area contributed by atoms with E-state index in [2.05, 4.69) is 16.1 Å². The molecule has 133 valence electrons. The van der Waals surface area contributed by atoms with Gasteiger partial charge in [0, 0.05) is 17.3 Å². The molecule has 0 bridgehead atoms. The molecule has 2 aromatic rings. The predicted molar refractivity (Wildman–Crippen MR) is 100 cm³/mol. The first-order chi connectivity index (χ1) is 11.7. The molecule has 7 heteroatoms. The van der Waals surface area contributed by atoms with Crippen LogP contribution in [0.1, 0.15) is 19.4 Å². The van der Waals surface area contributed by atoms with Gasteiger partial charge in [0.15, 0.2) is 0 Å². The van der Waals surface area contributed by atoms with E-state index in [4.69, 9.17) is 11.6 Å². The quantitative estimate of drug-likeness (QED) is 0.749. The molecule has 25 heavy (non-hydrogen) atoms. The summed E-state index contributed by atoms with van der Waals surface area (Å²) in [4.78, 5) is 12.3. The second kappa shape index (κ2) is 7.45. The first kappa shape index (κ1) is 19.3. The first-order valence-electron chi connectivity index (χ1n) is 7.63. The van der Waals surface area contributed by atoms with E-state index in [1.165, 1.54) is 6.07 Å². The van der Waals surface area contributed by atoms with Crippen molar-refractivity contribution in [1.82, 2.24) is 0 Å². The van der Waals surface area contributed by atoms with Crippen molar-refractivity contribution in [2.45, 2.75) is 25.7 Å². The highest BCUT2D eigenvalue weighted by molar-refractivity contribution is 7.92. The van der Waals surface area contributed by atoms with Crippen LogP contribution in [0.3, 0.4) is 0 Å². The third-order valence-corrected chi connectivity index (χ3v) is 5.84. The number of halogens is 1. The lowest BCUT2D eigenvalue weighted by atomic mass is 9.95. The van der Waals surface area contributed by atoms with Gasteiger partial charge in [-0.05, 0) is 62.7 Å². The molecule has 0 atom stereocenters. The van der Waals surface area contributed by atoms with Crippen LogP contribution in [0.2, 0.25) is 0 Å². The molecule has 0 aliphatic heterocycles. The van der Waals surface area contributed by atoms with E-state index in [9.17, 15) is 13.2 Å². The third-order valence-electron chi connectivity index (χ3n) is 3.65. The highest BCUT2D eigenvalue weighted by atomic mass is 35.5. The average Bonchev–Trinajstić information content (AvgIpc) is 2.56. The molecule has 0 aromatic heterocycles. The van der Waals surface area contributed by atoms with Crippen molar-refractivity contribution in [2.75, 3.05) is 15.9 Å². The van der Waals surface area contributed by atoms with Gasteiger partial charge < -0.3 is 5.32 Å². The Bertz CT molecular complexity index is 862. The normalized spacial score (nSPS) is 11.8. The predicted octanol–water partition coefficient (Wildman–Crippen LogP) is 3.80. The number of benzene rings is 2. The van der Waals surface area contributed by atoms with Crippen LogP contribution in [-0.4, -0.2) is 20.2 Å². The Morgan fingerprint density at radius 1 is 1.16 bits per heavy atom. The van der Waals surface area contributed by atoms with Gasteiger partial charge in [0.1, 0.15) is 0 Å². The van der Waals surface area contributed by atoms with Crippen LogP contribution in [0.4, 0.5) is 11.4 Å². The molecule has 0 aliphatic carbocycles. The highest BCUT2D eigenvalue weighted by Crippen LogP contribution is 2.23. The monoisotopic (exact) mass is 379 g/mol. The molecule has 2 N–H and O–H groups in total. The van der Waals surface area contributed by atoms with Gasteiger partial charge >= 0.3 is 0 Å². The van der Waals surface area contributed by atoms with Crippen LogP contribution in [-0.2, 0) is 14.8 Å². The Hall–Kier alpha value is -2.05. The van der Waals surface area contributed by atoms with Crippen molar-refractivity contribution in [3.05, 3.63) is 54.1 Å². The van der Waals surface area contributed by atoms with Gasteiger partial charge in [-0.2, -0.15) is 0 Å². The van der Waals surface area contributed by atoms with Crippen LogP contribution < -0.4 is 10.0 Å². The summed E-state index contributed by atoms with van der Waals surface area (Å²) in [6.45, 7) is 5.18. The summed E-state index contributed by atoms with van der Waals surface area (Å²) in [6, 6.07) is 14.1. The van der Waals surface area contributed by atoms with Crippen molar-refractivity contribution in [3.8, 4) is 0 Å². The Morgan fingerprint density at radius 2 is 1.76 bits per heavy atom. The number of nitrogens with one attached hydrogen (secondary N) is 2. The number of anilines is 2. The van der Waals surface area contributed by atoms with E-state index in [0.29, 0.717) is 16.9 Å². The molecular weight excluding hydrogens is 360 g/mol. The Morgan fingerprint density at radius 3 is 2.32 bits per heavy atom. The molecule has 0 heterocycles. The van der Waals surface area contributed by atoms with Crippen molar-refractivity contribution in [2.24, 2.45) is 5.41 Å². The minimum absolute atomic E-state index is 0.177. The molecular formula is C18H20ClN2O3S. The standard InChI is InChI=1S/C18H20ClN2O3S/c1-13-6-4-5-7-16(13)25(23,24)21-15-10-8-14(9-11-15)20-17(22)18(2,3)12-19/h4-5,7-11,21H,12H2,1-3H3,(H,20,22). The van der Waals surface area contributed by atoms with Gasteiger partial charge in [0.05, 0.1) is 10.3 Å². The number of carbonyl (C=O) groups excluding carboxylic acids is 1. The van der Waals surface area contributed by atoms with Crippen LogP contribution in [0.15, 0.2) is 47.4 Å². The first-order valence-corrected chi connectivity index (χ1v) is 9.65. The fraction of sp³-hybridized carbons (Fsp3) is 0.278. The number of sulfonamides is 1. The van der Waals surface area contributed by atoms with E-state index in [1.54, 1.807) is 57.2 Å². The second-order valence-corrected chi connectivity index (χ2v) is 8.23. The Balaban J connectivity index is 2.13. The third kappa shape index (κ3) is 4.74. The van der Waals surface area contributed by atoms with Crippen LogP contribution in [0.5, 0.6) is 0 Å². The molecule has 0 aliphatic rings. The molecule has 0 fully saturated rings. The van der Waals surface area contributed by atoms with Gasteiger partial charge in [-0.3, -0.25) is 9.52 Å². The summed E-state index contributed by atoms with van der Waals surface area (Å²) in [7, 11) is -3.69. The van der Waals surface area contributed by atoms with E-state index in [1.807, 2.05) is 0 Å². The number of amides is 1. The summed E-state index contributed by atoms with van der Waals surface area (Å²) >= 11 is 5.78. The van der Waals surface area contributed by atoms with E-state index in [-0.39, 0.29) is 16.7 Å². The van der Waals surface area contributed by atoms with Gasteiger partial charge in [0.25, 0.3) is 10.0 Å². The Labute approximate surface area is 153 Å². The van der Waals surface area contributed by atoms with E-state index >= 15 is 0 Å². The van der Waals surface area contributed by atoms with Crippen molar-refractivity contribution < 1.29 is 13.2 Å². The minimum atomic E-state index is -3.69. The zero-order valence-electron chi connectivity index (χ0n) is 14.3. The maximum atomic E-state index is 12.4. The number of alkyl halides is 1. The van der Waals surface area contributed by atoms with Gasteiger partial charge in [-0.1, -0.05) is 12.1 Å². The molecule has 2 rings (SSSR count). The number of aryl methyl sites for hydroxylation is 1. The topological polar surface area (TPSA) is 75.3 Å².